The average Bonchev–Trinajstić information content (AvgIpc) is 3.18. The molecule has 6 nitrogen and oxygen atoms in total. The molecule has 2 N–H and O–H groups in total. The first kappa shape index (κ1) is 23.5. The van der Waals surface area contributed by atoms with Crippen LogP contribution >= 0.6 is 35.3 Å². The van der Waals surface area contributed by atoms with E-state index in [1.807, 2.05) is 29.2 Å². The molecule has 1 aliphatic rings. The number of halogens is 1. The Hall–Kier alpha value is -1.81. The molecule has 8 heteroatoms. The van der Waals surface area contributed by atoms with Crippen molar-refractivity contribution in [3.8, 4) is 5.75 Å². The van der Waals surface area contributed by atoms with Crippen LogP contribution in [0, 0.1) is 6.92 Å². The number of nitrogens with one attached hydrogen (secondary N) is 2. The van der Waals surface area contributed by atoms with E-state index >= 15 is 0 Å². The summed E-state index contributed by atoms with van der Waals surface area (Å²) in [5.41, 5.74) is 2.51. The third-order valence-corrected chi connectivity index (χ3v) is 5.72. The first-order chi connectivity index (χ1) is 13.7. The van der Waals surface area contributed by atoms with E-state index in [4.69, 9.17) is 4.74 Å². The Balaban J connectivity index is 0.00000300. The van der Waals surface area contributed by atoms with Crippen molar-refractivity contribution in [2.24, 2.45) is 4.99 Å². The zero-order valence-corrected chi connectivity index (χ0v) is 20.1. The predicted molar refractivity (Wildman–Crippen MR) is 130 cm³/mol. The number of nitrogens with zero attached hydrogens (tertiary/aromatic N) is 2. The van der Waals surface area contributed by atoms with Gasteiger partial charge in [-0.05, 0) is 42.5 Å². The molecule has 1 aromatic carbocycles. The highest BCUT2D eigenvalue weighted by Gasteiger charge is 2.20. The van der Waals surface area contributed by atoms with Gasteiger partial charge in [0, 0.05) is 38.0 Å². The SMILES string of the molecule is CN=C(NCCOc1ccc(C)cc1)NCCC(=O)N1CCc2sccc2C1.I. The van der Waals surface area contributed by atoms with Crippen molar-refractivity contribution in [2.75, 3.05) is 33.3 Å². The smallest absolute Gasteiger partial charge is 0.224 e. The molecule has 1 aromatic heterocycles. The van der Waals surface area contributed by atoms with Gasteiger partial charge in [-0.25, -0.2) is 0 Å². The number of ether oxygens (including phenoxy) is 1. The Labute approximate surface area is 193 Å². The van der Waals surface area contributed by atoms with E-state index in [0.717, 1.165) is 25.3 Å². The number of aliphatic imine (C=N–C) groups is 1. The van der Waals surface area contributed by atoms with Crippen LogP contribution in [0.15, 0.2) is 40.7 Å². The molecule has 2 aromatic rings. The summed E-state index contributed by atoms with van der Waals surface area (Å²) in [6.45, 7) is 5.34. The van der Waals surface area contributed by atoms with Gasteiger partial charge in [-0.15, -0.1) is 35.3 Å². The molecule has 29 heavy (non-hydrogen) atoms. The van der Waals surface area contributed by atoms with Crippen LogP contribution < -0.4 is 15.4 Å². The van der Waals surface area contributed by atoms with E-state index < -0.39 is 0 Å². The maximum absolute atomic E-state index is 12.4. The number of amides is 1. The minimum atomic E-state index is 0. The van der Waals surface area contributed by atoms with Gasteiger partial charge < -0.3 is 20.3 Å². The number of thiophene rings is 1. The van der Waals surface area contributed by atoms with Crippen molar-refractivity contribution >= 4 is 47.2 Å². The fraction of sp³-hybridized carbons (Fsp3) is 0.429. The number of hydrogen-bond acceptors (Lipinski definition) is 4. The Morgan fingerprint density at radius 2 is 1.97 bits per heavy atom. The maximum atomic E-state index is 12.4. The lowest BCUT2D eigenvalue weighted by atomic mass is 10.1. The highest BCUT2D eigenvalue weighted by Crippen LogP contribution is 2.24. The highest BCUT2D eigenvalue weighted by molar-refractivity contribution is 14.0. The molecule has 0 saturated carbocycles. The minimum absolute atomic E-state index is 0. The van der Waals surface area contributed by atoms with Gasteiger partial charge in [0.1, 0.15) is 12.4 Å². The first-order valence-electron chi connectivity index (χ1n) is 9.62. The van der Waals surface area contributed by atoms with Crippen LogP contribution in [0.1, 0.15) is 22.4 Å². The van der Waals surface area contributed by atoms with Crippen LogP contribution in [0.2, 0.25) is 0 Å². The lowest BCUT2D eigenvalue weighted by molar-refractivity contribution is -0.131. The fourth-order valence-corrected chi connectivity index (χ4v) is 3.99. The van der Waals surface area contributed by atoms with E-state index in [2.05, 4.69) is 34.0 Å². The molecule has 158 valence electrons. The van der Waals surface area contributed by atoms with Gasteiger partial charge in [0.05, 0.1) is 6.54 Å². The van der Waals surface area contributed by atoms with E-state index in [0.29, 0.717) is 32.1 Å². The van der Waals surface area contributed by atoms with Crippen LogP contribution in [0.4, 0.5) is 0 Å². The van der Waals surface area contributed by atoms with Gasteiger partial charge >= 0.3 is 0 Å². The first-order valence-corrected chi connectivity index (χ1v) is 10.5. The number of hydrogen-bond donors (Lipinski definition) is 2. The Bertz CT molecular complexity index is 807. The highest BCUT2D eigenvalue weighted by atomic mass is 127. The number of carbonyl (C=O) groups excluding carboxylic acids is 1. The van der Waals surface area contributed by atoms with Crippen molar-refractivity contribution in [1.82, 2.24) is 15.5 Å². The molecule has 0 atom stereocenters. The quantitative estimate of drug-likeness (QED) is 0.251. The Kier molecular flexibility index (Phi) is 9.72. The van der Waals surface area contributed by atoms with Crippen LogP contribution in [0.5, 0.6) is 5.75 Å². The number of benzene rings is 1. The number of guanidine groups is 1. The molecule has 3 rings (SSSR count). The Morgan fingerprint density at radius 1 is 1.21 bits per heavy atom. The zero-order chi connectivity index (χ0) is 19.8. The van der Waals surface area contributed by atoms with Gasteiger partial charge in [0.25, 0.3) is 0 Å². The summed E-state index contributed by atoms with van der Waals surface area (Å²) in [6.07, 6.45) is 1.43. The normalized spacial score (nSPS) is 13.3. The third kappa shape index (κ3) is 7.18. The molecule has 0 unspecified atom stereocenters. The van der Waals surface area contributed by atoms with E-state index in [1.54, 1.807) is 18.4 Å². The van der Waals surface area contributed by atoms with Crippen molar-refractivity contribution in [1.29, 1.82) is 0 Å². The van der Waals surface area contributed by atoms with Crippen LogP contribution in [0.3, 0.4) is 0 Å². The van der Waals surface area contributed by atoms with Crippen molar-refractivity contribution in [2.45, 2.75) is 26.3 Å². The predicted octanol–water partition coefficient (Wildman–Crippen LogP) is 3.19. The van der Waals surface area contributed by atoms with Gasteiger partial charge in [-0.2, -0.15) is 0 Å². The number of carbonyl (C=O) groups is 1. The van der Waals surface area contributed by atoms with Crippen LogP contribution in [-0.2, 0) is 17.8 Å². The second kappa shape index (κ2) is 12.0. The zero-order valence-electron chi connectivity index (χ0n) is 16.9. The number of aryl methyl sites for hydroxylation is 1. The molecular formula is C21H29IN4O2S. The molecule has 0 bridgehead atoms. The molecule has 0 fully saturated rings. The third-order valence-electron chi connectivity index (χ3n) is 4.70. The van der Waals surface area contributed by atoms with E-state index in [1.165, 1.54) is 16.0 Å². The summed E-state index contributed by atoms with van der Waals surface area (Å²) in [4.78, 5) is 20.0. The van der Waals surface area contributed by atoms with Gasteiger partial charge in [-0.3, -0.25) is 9.79 Å². The standard InChI is InChI=1S/C21H28N4O2S.HI/c1-16-3-5-18(6-4-16)27-13-11-24-21(22-2)23-10-7-20(26)25-12-8-19-17(15-25)9-14-28-19;/h3-6,9,14H,7-8,10-13,15H2,1-2H3,(H2,22,23,24);1H. The largest absolute Gasteiger partial charge is 0.492 e. The summed E-state index contributed by atoms with van der Waals surface area (Å²) >= 11 is 1.79. The second-order valence-corrected chi connectivity index (χ2v) is 7.77. The van der Waals surface area contributed by atoms with Gasteiger partial charge in [-0.1, -0.05) is 17.7 Å². The van der Waals surface area contributed by atoms with Gasteiger partial charge in [0.2, 0.25) is 5.91 Å². The minimum Gasteiger partial charge on any atom is -0.492 e. The molecule has 0 radical (unpaired) electrons. The molecule has 0 spiro atoms. The second-order valence-electron chi connectivity index (χ2n) is 6.77. The average molecular weight is 528 g/mol. The lowest BCUT2D eigenvalue weighted by Crippen LogP contribution is -2.42. The number of fused-ring (bicyclic) bond motifs is 1. The molecule has 1 aliphatic heterocycles. The molecule has 0 aliphatic carbocycles. The Morgan fingerprint density at radius 3 is 2.72 bits per heavy atom. The van der Waals surface area contributed by atoms with Gasteiger partial charge in [0.15, 0.2) is 5.96 Å². The summed E-state index contributed by atoms with van der Waals surface area (Å²) in [7, 11) is 1.72. The van der Waals surface area contributed by atoms with E-state index in [-0.39, 0.29) is 29.9 Å². The molecular weight excluding hydrogens is 499 g/mol. The summed E-state index contributed by atoms with van der Waals surface area (Å²) < 4.78 is 5.69. The molecule has 0 saturated heterocycles. The molecule has 1 amide bonds. The summed E-state index contributed by atoms with van der Waals surface area (Å²) in [6, 6.07) is 10.1. The van der Waals surface area contributed by atoms with Crippen molar-refractivity contribution in [3.63, 3.8) is 0 Å². The van der Waals surface area contributed by atoms with Crippen LogP contribution in [-0.4, -0.2) is 50.1 Å². The summed E-state index contributed by atoms with van der Waals surface area (Å²) in [5.74, 6) is 1.72. The summed E-state index contributed by atoms with van der Waals surface area (Å²) in [5, 5.41) is 8.51. The maximum Gasteiger partial charge on any atom is 0.224 e. The van der Waals surface area contributed by atoms with E-state index in [9.17, 15) is 4.79 Å². The van der Waals surface area contributed by atoms with Crippen molar-refractivity contribution in [3.05, 3.63) is 51.7 Å². The topological polar surface area (TPSA) is 66.0 Å². The molecule has 2 heterocycles. The lowest BCUT2D eigenvalue weighted by Gasteiger charge is -2.27. The van der Waals surface area contributed by atoms with Crippen LogP contribution in [0.25, 0.3) is 0 Å². The monoisotopic (exact) mass is 528 g/mol. The fourth-order valence-electron chi connectivity index (χ4n) is 3.10. The van der Waals surface area contributed by atoms with Crippen molar-refractivity contribution < 1.29 is 9.53 Å². The number of rotatable bonds is 7.